The molecule has 5 N–H and O–H groups in total. The summed E-state index contributed by atoms with van der Waals surface area (Å²) in [4.78, 5) is 53.5. The van der Waals surface area contributed by atoms with Crippen molar-refractivity contribution in [3.05, 3.63) is 93.2 Å². The van der Waals surface area contributed by atoms with E-state index in [2.05, 4.69) is 26.6 Å². The molecule has 282 valence electrons. The number of benzene rings is 3. The van der Waals surface area contributed by atoms with Gasteiger partial charge in [0, 0.05) is 46.5 Å². The van der Waals surface area contributed by atoms with Gasteiger partial charge in [0.1, 0.15) is 16.8 Å². The average molecular weight is 767 g/mol. The Morgan fingerprint density at radius 2 is 1.62 bits per heavy atom. The summed E-state index contributed by atoms with van der Waals surface area (Å²) in [6.45, 7) is 6.37. The van der Waals surface area contributed by atoms with E-state index in [1.54, 1.807) is 48.5 Å². The molecule has 6 rings (SSSR count). The molecule has 3 aliphatic rings. The van der Waals surface area contributed by atoms with Crippen LogP contribution in [0.3, 0.4) is 0 Å². The first-order valence-corrected chi connectivity index (χ1v) is 19.0. The molecule has 0 aromatic heterocycles. The number of nitrogens with one attached hydrogen (secondary N) is 5. The van der Waals surface area contributed by atoms with Gasteiger partial charge in [0.05, 0.1) is 11.1 Å². The summed E-state index contributed by atoms with van der Waals surface area (Å²) in [7, 11) is 0. The Morgan fingerprint density at radius 1 is 0.925 bits per heavy atom. The summed E-state index contributed by atoms with van der Waals surface area (Å²) >= 11 is 12.7. The van der Waals surface area contributed by atoms with Crippen LogP contribution in [0.4, 0.5) is 20.6 Å². The highest BCUT2D eigenvalue weighted by Crippen LogP contribution is 2.62. The first-order chi connectivity index (χ1) is 25.3. The molecule has 0 unspecified atom stereocenters. The number of amides is 4. The maximum atomic E-state index is 16.1. The first kappa shape index (κ1) is 38.5. The molecule has 2 spiro atoms. The number of rotatable bonds is 10. The van der Waals surface area contributed by atoms with Crippen molar-refractivity contribution in [2.45, 2.75) is 101 Å². The Balaban J connectivity index is 1.17. The Labute approximate surface area is 319 Å². The Kier molecular flexibility index (Phi) is 11.4. The topological polar surface area (TPSA) is 138 Å². The van der Waals surface area contributed by atoms with Crippen molar-refractivity contribution in [1.82, 2.24) is 16.0 Å². The largest absolute Gasteiger partial charge is 0.444 e. The fraction of sp³-hybridized carbons (Fsp3) is 0.450. The predicted octanol–water partition coefficient (Wildman–Crippen LogP) is 7.84. The summed E-state index contributed by atoms with van der Waals surface area (Å²) in [6, 6.07) is 15.5. The summed E-state index contributed by atoms with van der Waals surface area (Å²) < 4.78 is 21.4. The molecular weight excluding hydrogens is 720 g/mol. The number of halogens is 3. The predicted molar refractivity (Wildman–Crippen MR) is 204 cm³/mol. The second-order valence-corrected chi connectivity index (χ2v) is 16.0. The number of fused-ring (bicyclic) bond motifs is 3. The van der Waals surface area contributed by atoms with Gasteiger partial charge < -0.3 is 26.0 Å². The molecule has 2 aliphatic heterocycles. The molecule has 0 radical (unpaired) electrons. The van der Waals surface area contributed by atoms with Crippen LogP contribution in [0.2, 0.25) is 10.0 Å². The van der Waals surface area contributed by atoms with Gasteiger partial charge in [-0.1, -0.05) is 60.7 Å². The third-order valence-corrected chi connectivity index (χ3v) is 11.1. The highest BCUT2D eigenvalue weighted by Gasteiger charge is 2.72. The number of carbonyl (C=O) groups is 4. The standard InChI is InChI=1S/C40H46Cl2FN5O5/c1-38(2,3)53-37(52)45-22-9-5-8-21-44-34(49)24-13-16-26(17-14-24)46-35(50)33-31(27-11-10-12-29(42)32(27)43)40(39(48-33)19-6-4-7-20-39)28-18-15-25(41)23-30(28)47-36(40)51/h10-18,23,31,33,48H,4-9,19-22H2,1-3H3,(H,44,49)(H,45,52)(H,46,50)(H,47,51)/t31-,33+,40+/m0/s1. The zero-order chi connectivity index (χ0) is 38.0. The van der Waals surface area contributed by atoms with Crippen LogP contribution in [0, 0.1) is 5.82 Å². The molecule has 4 amide bonds. The molecule has 10 nitrogen and oxygen atoms in total. The van der Waals surface area contributed by atoms with E-state index in [-0.39, 0.29) is 22.4 Å². The van der Waals surface area contributed by atoms with Gasteiger partial charge in [0.2, 0.25) is 11.8 Å². The van der Waals surface area contributed by atoms with Crippen LogP contribution in [-0.4, -0.2) is 54.1 Å². The van der Waals surface area contributed by atoms with Crippen LogP contribution in [0.15, 0.2) is 60.7 Å². The minimum absolute atomic E-state index is 0.0970. The second-order valence-electron chi connectivity index (χ2n) is 15.1. The molecular formula is C40H46Cl2FN5O5. The van der Waals surface area contributed by atoms with E-state index in [0.29, 0.717) is 53.5 Å². The fourth-order valence-electron chi connectivity index (χ4n) is 8.38. The molecule has 2 heterocycles. The van der Waals surface area contributed by atoms with Crippen LogP contribution in [-0.2, 0) is 19.7 Å². The number of hydrogen-bond donors (Lipinski definition) is 5. The molecule has 1 aliphatic carbocycles. The third kappa shape index (κ3) is 7.75. The maximum absolute atomic E-state index is 16.1. The molecule has 1 saturated carbocycles. The van der Waals surface area contributed by atoms with Gasteiger partial charge >= 0.3 is 6.09 Å². The van der Waals surface area contributed by atoms with E-state index in [4.69, 9.17) is 27.9 Å². The van der Waals surface area contributed by atoms with E-state index in [1.807, 2.05) is 26.8 Å². The fourth-order valence-corrected chi connectivity index (χ4v) is 8.73. The number of anilines is 2. The highest BCUT2D eigenvalue weighted by atomic mass is 35.5. The minimum Gasteiger partial charge on any atom is -0.444 e. The Hall–Kier alpha value is -4.19. The molecule has 1 saturated heterocycles. The Morgan fingerprint density at radius 3 is 2.32 bits per heavy atom. The number of alkyl carbamates (subject to hydrolysis) is 1. The Bertz CT molecular complexity index is 1880. The van der Waals surface area contributed by atoms with Crippen molar-refractivity contribution >= 4 is 58.4 Å². The number of hydrogen-bond acceptors (Lipinski definition) is 6. The van der Waals surface area contributed by atoms with E-state index in [1.165, 1.54) is 6.07 Å². The SMILES string of the molecule is CC(C)(C)OC(=O)NCCCCCNC(=O)c1ccc(NC(=O)[C@@H]2NC3(CCCCC3)[C@@]3(C(=O)Nc4cc(Cl)ccc43)[C@H]2c2cccc(Cl)c2F)cc1. The van der Waals surface area contributed by atoms with Gasteiger partial charge in [-0.05, 0) is 106 Å². The van der Waals surface area contributed by atoms with Crippen LogP contribution >= 0.6 is 23.2 Å². The first-order valence-electron chi connectivity index (χ1n) is 18.2. The molecule has 53 heavy (non-hydrogen) atoms. The zero-order valence-electron chi connectivity index (χ0n) is 30.2. The highest BCUT2D eigenvalue weighted by molar-refractivity contribution is 6.31. The van der Waals surface area contributed by atoms with Gasteiger partial charge in [-0.25, -0.2) is 9.18 Å². The number of ether oxygens (including phenoxy) is 1. The molecule has 0 bridgehead atoms. The van der Waals surface area contributed by atoms with Crippen molar-refractivity contribution in [2.24, 2.45) is 0 Å². The van der Waals surface area contributed by atoms with Crippen LogP contribution < -0.4 is 26.6 Å². The average Bonchev–Trinajstić information content (AvgIpc) is 3.56. The van der Waals surface area contributed by atoms with E-state index < -0.39 is 46.3 Å². The normalized spacial score (nSPS) is 21.6. The molecule has 13 heteroatoms. The zero-order valence-corrected chi connectivity index (χ0v) is 31.7. The van der Waals surface area contributed by atoms with Gasteiger partial charge in [0.15, 0.2) is 0 Å². The number of unbranched alkanes of at least 4 members (excludes halogenated alkanes) is 2. The minimum atomic E-state index is -1.34. The van der Waals surface area contributed by atoms with Crippen molar-refractivity contribution < 1.29 is 28.3 Å². The van der Waals surface area contributed by atoms with Crippen LogP contribution in [0.25, 0.3) is 0 Å². The lowest BCUT2D eigenvalue weighted by molar-refractivity contribution is -0.124. The molecule has 3 aromatic rings. The molecule has 3 aromatic carbocycles. The summed E-state index contributed by atoms with van der Waals surface area (Å²) in [6.07, 6.45) is 5.70. The monoisotopic (exact) mass is 765 g/mol. The summed E-state index contributed by atoms with van der Waals surface area (Å²) in [5, 5.41) is 15.6. The lowest BCUT2D eigenvalue weighted by Crippen LogP contribution is -2.60. The van der Waals surface area contributed by atoms with Crippen LogP contribution in [0.1, 0.15) is 99.5 Å². The second kappa shape index (κ2) is 15.7. The smallest absolute Gasteiger partial charge is 0.407 e. The molecule has 3 atom stereocenters. The van der Waals surface area contributed by atoms with Gasteiger partial charge in [-0.15, -0.1) is 0 Å². The lowest BCUT2D eigenvalue weighted by atomic mass is 9.55. The van der Waals surface area contributed by atoms with E-state index in [9.17, 15) is 19.2 Å². The van der Waals surface area contributed by atoms with Gasteiger partial charge in [-0.2, -0.15) is 0 Å². The van der Waals surface area contributed by atoms with E-state index >= 15 is 4.39 Å². The van der Waals surface area contributed by atoms with Gasteiger partial charge in [-0.3, -0.25) is 19.7 Å². The van der Waals surface area contributed by atoms with Crippen molar-refractivity contribution in [2.75, 3.05) is 23.7 Å². The third-order valence-electron chi connectivity index (χ3n) is 10.5. The van der Waals surface area contributed by atoms with Crippen molar-refractivity contribution in [3.8, 4) is 0 Å². The summed E-state index contributed by atoms with van der Waals surface area (Å²) in [5.41, 5.74) is -0.475. The van der Waals surface area contributed by atoms with Gasteiger partial charge in [0.25, 0.3) is 5.91 Å². The maximum Gasteiger partial charge on any atom is 0.407 e. The van der Waals surface area contributed by atoms with Crippen molar-refractivity contribution in [1.29, 1.82) is 0 Å². The van der Waals surface area contributed by atoms with E-state index in [0.717, 1.165) is 38.5 Å². The van der Waals surface area contributed by atoms with Crippen LogP contribution in [0.5, 0.6) is 0 Å². The quantitative estimate of drug-likeness (QED) is 0.133. The number of carbonyl (C=O) groups excluding carboxylic acids is 4. The lowest BCUT2D eigenvalue weighted by Gasteiger charge is -2.47. The molecule has 2 fully saturated rings. The van der Waals surface area contributed by atoms with Crippen molar-refractivity contribution in [3.63, 3.8) is 0 Å². The summed E-state index contributed by atoms with van der Waals surface area (Å²) in [5.74, 6) is -2.63.